The molecule has 1 fully saturated rings. The van der Waals surface area contributed by atoms with Crippen molar-refractivity contribution in [3.8, 4) is 0 Å². The van der Waals surface area contributed by atoms with Gasteiger partial charge >= 0.3 is 5.97 Å². The van der Waals surface area contributed by atoms with Crippen molar-refractivity contribution in [3.05, 3.63) is 12.7 Å². The zero-order valence-electron chi connectivity index (χ0n) is 8.98. The number of carbonyl (C=O) groups excluding carboxylic acids is 1. The van der Waals surface area contributed by atoms with E-state index in [-0.39, 0.29) is 18.4 Å². The number of hydrogen-bond donors (Lipinski definition) is 1. The van der Waals surface area contributed by atoms with Crippen molar-refractivity contribution in [1.29, 1.82) is 0 Å². The maximum Gasteiger partial charge on any atom is 0.308 e. The third-order valence-electron chi connectivity index (χ3n) is 2.50. The molecule has 0 bridgehead atoms. The van der Waals surface area contributed by atoms with E-state index in [1.807, 2.05) is 0 Å². The third-order valence-corrected chi connectivity index (χ3v) is 2.50. The van der Waals surface area contributed by atoms with Gasteiger partial charge in [-0.3, -0.25) is 9.59 Å². The minimum atomic E-state index is -0.868. The SMILES string of the molecule is C=CCN(CC(C)C(=O)O)C(=O)C1CC1. The maximum atomic E-state index is 11.7. The van der Waals surface area contributed by atoms with E-state index in [1.165, 1.54) is 0 Å². The Morgan fingerprint density at radius 3 is 2.60 bits per heavy atom. The van der Waals surface area contributed by atoms with Crippen LogP contribution in [0.1, 0.15) is 19.8 Å². The highest BCUT2D eigenvalue weighted by Crippen LogP contribution is 2.31. The van der Waals surface area contributed by atoms with Crippen LogP contribution in [-0.2, 0) is 9.59 Å². The second-order valence-electron chi connectivity index (χ2n) is 4.05. The minimum absolute atomic E-state index is 0.0722. The van der Waals surface area contributed by atoms with E-state index in [1.54, 1.807) is 17.9 Å². The fourth-order valence-electron chi connectivity index (χ4n) is 1.41. The Morgan fingerprint density at radius 2 is 2.20 bits per heavy atom. The van der Waals surface area contributed by atoms with E-state index in [9.17, 15) is 9.59 Å². The normalized spacial score (nSPS) is 16.9. The van der Waals surface area contributed by atoms with Crippen LogP contribution in [0, 0.1) is 11.8 Å². The molecule has 1 saturated carbocycles. The Labute approximate surface area is 89.6 Å². The molecule has 0 heterocycles. The molecule has 84 valence electrons. The molecule has 1 amide bonds. The first-order valence-electron chi connectivity index (χ1n) is 5.18. The van der Waals surface area contributed by atoms with Gasteiger partial charge in [0.15, 0.2) is 0 Å². The predicted octanol–water partition coefficient (Wildman–Crippen LogP) is 1.13. The van der Waals surface area contributed by atoms with E-state index < -0.39 is 11.9 Å². The monoisotopic (exact) mass is 211 g/mol. The Hall–Kier alpha value is -1.32. The number of carboxylic acid groups (broad SMARTS) is 1. The molecule has 0 aromatic carbocycles. The van der Waals surface area contributed by atoms with Gasteiger partial charge in [0.1, 0.15) is 0 Å². The van der Waals surface area contributed by atoms with Gasteiger partial charge in [0.2, 0.25) is 5.91 Å². The molecule has 1 aliphatic carbocycles. The van der Waals surface area contributed by atoms with E-state index in [0.29, 0.717) is 6.54 Å². The lowest BCUT2D eigenvalue weighted by atomic mass is 10.1. The van der Waals surface area contributed by atoms with Crippen LogP contribution < -0.4 is 0 Å². The van der Waals surface area contributed by atoms with Crippen molar-refractivity contribution < 1.29 is 14.7 Å². The van der Waals surface area contributed by atoms with Crippen molar-refractivity contribution in [3.63, 3.8) is 0 Å². The number of hydrogen-bond acceptors (Lipinski definition) is 2. The van der Waals surface area contributed by atoms with E-state index in [0.717, 1.165) is 12.8 Å². The summed E-state index contributed by atoms with van der Waals surface area (Å²) in [5.74, 6) is -1.19. The van der Waals surface area contributed by atoms with Gasteiger partial charge in [0.25, 0.3) is 0 Å². The summed E-state index contributed by atoms with van der Waals surface area (Å²) in [4.78, 5) is 24.0. The summed E-state index contributed by atoms with van der Waals surface area (Å²) < 4.78 is 0. The highest BCUT2D eigenvalue weighted by atomic mass is 16.4. The lowest BCUT2D eigenvalue weighted by Gasteiger charge is -2.23. The summed E-state index contributed by atoms with van der Waals surface area (Å²) in [6.45, 7) is 5.90. The molecule has 4 nitrogen and oxygen atoms in total. The Bertz CT molecular complexity index is 271. The van der Waals surface area contributed by atoms with Gasteiger partial charge in [-0.15, -0.1) is 6.58 Å². The number of carbonyl (C=O) groups is 2. The Balaban J connectivity index is 2.52. The fourth-order valence-corrected chi connectivity index (χ4v) is 1.41. The van der Waals surface area contributed by atoms with Gasteiger partial charge in [-0.2, -0.15) is 0 Å². The van der Waals surface area contributed by atoms with Crippen LogP contribution in [0.3, 0.4) is 0 Å². The molecule has 15 heavy (non-hydrogen) atoms. The summed E-state index contributed by atoms with van der Waals surface area (Å²) in [5, 5.41) is 8.77. The molecule has 0 aromatic rings. The van der Waals surface area contributed by atoms with Crippen LogP contribution >= 0.6 is 0 Å². The van der Waals surface area contributed by atoms with Crippen molar-refractivity contribution >= 4 is 11.9 Å². The average molecular weight is 211 g/mol. The standard InChI is InChI=1S/C11H17NO3/c1-3-6-12(7-8(2)11(14)15)10(13)9-4-5-9/h3,8-9H,1,4-7H2,2H3,(H,14,15). The molecule has 1 N–H and O–H groups in total. The highest BCUT2D eigenvalue weighted by Gasteiger charge is 2.33. The van der Waals surface area contributed by atoms with Gasteiger partial charge in [0.05, 0.1) is 5.92 Å². The topological polar surface area (TPSA) is 57.6 Å². The lowest BCUT2D eigenvalue weighted by Crippen LogP contribution is -2.37. The average Bonchev–Trinajstić information content (AvgIpc) is 2.99. The van der Waals surface area contributed by atoms with E-state index in [4.69, 9.17) is 5.11 Å². The van der Waals surface area contributed by atoms with Crippen molar-refractivity contribution in [2.45, 2.75) is 19.8 Å². The Kier molecular flexibility index (Phi) is 3.88. The van der Waals surface area contributed by atoms with Gasteiger partial charge in [-0.25, -0.2) is 0 Å². The first-order chi connectivity index (χ1) is 7.06. The minimum Gasteiger partial charge on any atom is -0.481 e. The van der Waals surface area contributed by atoms with Crippen molar-refractivity contribution in [2.24, 2.45) is 11.8 Å². The smallest absolute Gasteiger partial charge is 0.308 e. The summed E-state index contributed by atoms with van der Waals surface area (Å²) >= 11 is 0. The molecule has 1 rings (SSSR count). The molecule has 0 aromatic heterocycles. The first-order valence-corrected chi connectivity index (χ1v) is 5.18. The summed E-state index contributed by atoms with van der Waals surface area (Å²) in [7, 11) is 0. The molecule has 4 heteroatoms. The highest BCUT2D eigenvalue weighted by molar-refractivity contribution is 5.81. The number of nitrogens with zero attached hydrogens (tertiary/aromatic N) is 1. The van der Waals surface area contributed by atoms with E-state index >= 15 is 0 Å². The zero-order chi connectivity index (χ0) is 11.4. The fraction of sp³-hybridized carbons (Fsp3) is 0.636. The zero-order valence-corrected chi connectivity index (χ0v) is 8.98. The van der Waals surface area contributed by atoms with Gasteiger partial charge in [0, 0.05) is 19.0 Å². The van der Waals surface area contributed by atoms with Gasteiger partial charge < -0.3 is 10.0 Å². The van der Waals surface area contributed by atoms with Crippen LogP contribution in [0.15, 0.2) is 12.7 Å². The predicted molar refractivity (Wildman–Crippen MR) is 56.3 cm³/mol. The summed E-state index contributed by atoms with van der Waals surface area (Å²) in [6, 6.07) is 0. The number of amides is 1. The summed E-state index contributed by atoms with van der Waals surface area (Å²) in [6.07, 6.45) is 3.51. The third kappa shape index (κ3) is 3.38. The van der Waals surface area contributed by atoms with E-state index in [2.05, 4.69) is 6.58 Å². The molecule has 0 saturated heterocycles. The van der Waals surface area contributed by atoms with Crippen LogP contribution in [0.2, 0.25) is 0 Å². The number of aliphatic carboxylic acids is 1. The number of rotatable bonds is 6. The lowest BCUT2D eigenvalue weighted by molar-refractivity contribution is -0.143. The van der Waals surface area contributed by atoms with Crippen LogP contribution in [0.5, 0.6) is 0 Å². The van der Waals surface area contributed by atoms with Crippen LogP contribution in [0.25, 0.3) is 0 Å². The molecule has 0 aliphatic heterocycles. The molecule has 1 unspecified atom stereocenters. The second-order valence-corrected chi connectivity index (χ2v) is 4.05. The van der Waals surface area contributed by atoms with Crippen LogP contribution in [0.4, 0.5) is 0 Å². The quantitative estimate of drug-likeness (QED) is 0.670. The largest absolute Gasteiger partial charge is 0.481 e. The van der Waals surface area contributed by atoms with Crippen molar-refractivity contribution in [2.75, 3.05) is 13.1 Å². The van der Waals surface area contributed by atoms with Gasteiger partial charge in [-0.1, -0.05) is 13.0 Å². The molecular weight excluding hydrogens is 194 g/mol. The molecule has 0 spiro atoms. The number of carboxylic acids is 1. The maximum absolute atomic E-state index is 11.7. The summed E-state index contributed by atoms with van der Waals surface area (Å²) in [5.41, 5.74) is 0. The molecule has 1 aliphatic rings. The molecule has 0 radical (unpaired) electrons. The Morgan fingerprint density at radius 1 is 1.60 bits per heavy atom. The van der Waals surface area contributed by atoms with Gasteiger partial charge in [-0.05, 0) is 12.8 Å². The van der Waals surface area contributed by atoms with Crippen LogP contribution in [-0.4, -0.2) is 35.0 Å². The van der Waals surface area contributed by atoms with Crippen molar-refractivity contribution in [1.82, 2.24) is 4.90 Å². The molecular formula is C11H17NO3. The molecule has 1 atom stereocenters. The second kappa shape index (κ2) is 4.96. The first kappa shape index (κ1) is 11.8.